The van der Waals surface area contributed by atoms with Crippen molar-refractivity contribution < 1.29 is 13.5 Å². The van der Waals surface area contributed by atoms with Crippen LogP contribution >= 0.6 is 11.3 Å². The Kier molecular flexibility index (Phi) is 3.26. The topological polar surface area (TPSA) is 66.7 Å². The molecule has 0 atom stereocenters. The van der Waals surface area contributed by atoms with Crippen molar-refractivity contribution in [2.75, 3.05) is 0 Å². The van der Waals surface area contributed by atoms with Gasteiger partial charge < -0.3 is 5.11 Å². The number of hydrogen-bond acceptors (Lipinski definition) is 4. The Bertz CT molecular complexity index is 613. The van der Waals surface area contributed by atoms with Crippen molar-refractivity contribution in [3.63, 3.8) is 0 Å². The molecule has 1 heterocycles. The Morgan fingerprint density at radius 3 is 2.47 bits per heavy atom. The van der Waals surface area contributed by atoms with Crippen molar-refractivity contribution in [3.05, 3.63) is 47.3 Å². The zero-order chi connectivity index (χ0) is 12.3. The van der Waals surface area contributed by atoms with Crippen molar-refractivity contribution in [3.8, 4) is 5.75 Å². The first-order chi connectivity index (χ1) is 8.08. The average Bonchev–Trinajstić information content (AvgIpc) is 2.82. The van der Waals surface area contributed by atoms with E-state index < -0.39 is 10.0 Å². The molecule has 0 radical (unpaired) electrons. The number of sulfonamides is 1. The molecule has 0 saturated carbocycles. The lowest BCUT2D eigenvalue weighted by molar-refractivity contribution is 0.475. The Morgan fingerprint density at radius 2 is 1.88 bits per heavy atom. The lowest BCUT2D eigenvalue weighted by Gasteiger charge is -1.95. The summed E-state index contributed by atoms with van der Waals surface area (Å²) in [6.07, 6.45) is 1.26. The van der Waals surface area contributed by atoms with E-state index in [9.17, 15) is 8.42 Å². The van der Waals surface area contributed by atoms with Gasteiger partial charge in [-0.3, -0.25) is 0 Å². The van der Waals surface area contributed by atoms with E-state index in [2.05, 4.69) is 4.40 Å². The van der Waals surface area contributed by atoms with Crippen molar-refractivity contribution in [2.24, 2.45) is 4.40 Å². The van der Waals surface area contributed by atoms with Crippen LogP contribution in [-0.2, 0) is 10.0 Å². The molecule has 0 aliphatic heterocycles. The van der Waals surface area contributed by atoms with Gasteiger partial charge in [-0.1, -0.05) is 6.07 Å². The standard InChI is InChI=1S/C11H9NO3S2/c13-10-5-3-9(4-6-10)8-12-17(14,15)11-2-1-7-16-11/h1-8,13H/b12-8-. The maximum Gasteiger partial charge on any atom is 0.291 e. The molecule has 0 unspecified atom stereocenters. The molecule has 0 saturated heterocycles. The summed E-state index contributed by atoms with van der Waals surface area (Å²) < 4.78 is 27.2. The number of hydrogen-bond donors (Lipinski definition) is 1. The van der Waals surface area contributed by atoms with Crippen LogP contribution in [0.2, 0.25) is 0 Å². The molecule has 88 valence electrons. The van der Waals surface area contributed by atoms with E-state index in [-0.39, 0.29) is 9.96 Å². The highest BCUT2D eigenvalue weighted by atomic mass is 32.2. The minimum absolute atomic E-state index is 0.128. The molecule has 0 spiro atoms. The summed E-state index contributed by atoms with van der Waals surface area (Å²) >= 11 is 1.13. The molecule has 2 aromatic rings. The predicted molar refractivity (Wildman–Crippen MR) is 67.2 cm³/mol. The number of rotatable bonds is 3. The van der Waals surface area contributed by atoms with Gasteiger partial charge in [-0.05, 0) is 41.3 Å². The molecule has 1 aromatic carbocycles. The maximum absolute atomic E-state index is 11.7. The summed E-state index contributed by atoms with van der Waals surface area (Å²) in [6, 6.07) is 9.28. The Morgan fingerprint density at radius 1 is 1.18 bits per heavy atom. The van der Waals surface area contributed by atoms with E-state index in [1.54, 1.807) is 23.6 Å². The monoisotopic (exact) mass is 267 g/mol. The number of benzene rings is 1. The van der Waals surface area contributed by atoms with Crippen LogP contribution in [0.15, 0.2) is 50.4 Å². The molecule has 0 bridgehead atoms. The van der Waals surface area contributed by atoms with Gasteiger partial charge in [-0.2, -0.15) is 12.8 Å². The Labute approximate surface area is 103 Å². The highest BCUT2D eigenvalue weighted by Crippen LogP contribution is 2.18. The van der Waals surface area contributed by atoms with Gasteiger partial charge in [0.15, 0.2) is 0 Å². The first-order valence-corrected chi connectivity index (χ1v) is 7.03. The van der Waals surface area contributed by atoms with Crippen molar-refractivity contribution >= 4 is 27.6 Å². The van der Waals surface area contributed by atoms with Gasteiger partial charge in [0.05, 0.1) is 0 Å². The van der Waals surface area contributed by atoms with Crippen LogP contribution in [0.25, 0.3) is 0 Å². The second-order valence-corrected chi connectivity index (χ2v) is 6.04. The minimum atomic E-state index is -3.60. The lowest BCUT2D eigenvalue weighted by Crippen LogP contribution is -1.94. The highest BCUT2D eigenvalue weighted by molar-refractivity contribution is 7.92. The molecule has 17 heavy (non-hydrogen) atoms. The quantitative estimate of drug-likeness (QED) is 0.867. The van der Waals surface area contributed by atoms with E-state index in [0.29, 0.717) is 5.56 Å². The molecule has 6 heteroatoms. The molecule has 4 nitrogen and oxygen atoms in total. The van der Waals surface area contributed by atoms with Gasteiger partial charge in [0, 0.05) is 6.21 Å². The summed E-state index contributed by atoms with van der Waals surface area (Å²) in [5, 5.41) is 10.8. The molecule has 0 aliphatic carbocycles. The number of phenolic OH excluding ortho intramolecular Hbond substituents is 1. The summed E-state index contributed by atoms with van der Waals surface area (Å²) in [6.45, 7) is 0. The van der Waals surface area contributed by atoms with Crippen molar-refractivity contribution in [1.82, 2.24) is 0 Å². The summed E-state index contributed by atoms with van der Waals surface area (Å²) in [7, 11) is -3.60. The molecule has 0 aliphatic rings. The Hall–Kier alpha value is -1.66. The fourth-order valence-electron chi connectivity index (χ4n) is 1.15. The molecule has 1 aromatic heterocycles. The number of thiophene rings is 1. The number of aromatic hydroxyl groups is 1. The van der Waals surface area contributed by atoms with Gasteiger partial charge in [0.2, 0.25) is 0 Å². The zero-order valence-corrected chi connectivity index (χ0v) is 10.3. The third kappa shape index (κ3) is 2.92. The fraction of sp³-hybridized carbons (Fsp3) is 0. The zero-order valence-electron chi connectivity index (χ0n) is 8.65. The van der Waals surface area contributed by atoms with Gasteiger partial charge in [0.25, 0.3) is 10.0 Å². The second-order valence-electron chi connectivity index (χ2n) is 3.23. The van der Waals surface area contributed by atoms with Crippen LogP contribution in [0, 0.1) is 0 Å². The highest BCUT2D eigenvalue weighted by Gasteiger charge is 2.11. The molecular formula is C11H9NO3S2. The number of phenols is 1. The van der Waals surface area contributed by atoms with Gasteiger partial charge in [-0.15, -0.1) is 11.3 Å². The van der Waals surface area contributed by atoms with Crippen LogP contribution in [0.1, 0.15) is 5.56 Å². The van der Waals surface area contributed by atoms with Crippen molar-refractivity contribution in [1.29, 1.82) is 0 Å². The van der Waals surface area contributed by atoms with E-state index in [1.165, 1.54) is 24.4 Å². The van der Waals surface area contributed by atoms with E-state index in [0.717, 1.165) is 11.3 Å². The third-order valence-electron chi connectivity index (χ3n) is 1.98. The first-order valence-electron chi connectivity index (χ1n) is 4.71. The molecule has 0 amide bonds. The maximum atomic E-state index is 11.7. The van der Waals surface area contributed by atoms with E-state index in [4.69, 9.17) is 5.11 Å². The van der Waals surface area contributed by atoms with E-state index >= 15 is 0 Å². The summed E-state index contributed by atoms with van der Waals surface area (Å²) in [5.41, 5.74) is 0.614. The fourth-order valence-corrected chi connectivity index (χ4v) is 3.00. The van der Waals surface area contributed by atoms with Crippen LogP contribution in [0.4, 0.5) is 0 Å². The molecule has 0 fully saturated rings. The smallest absolute Gasteiger partial charge is 0.291 e. The first kappa shape index (κ1) is 11.8. The van der Waals surface area contributed by atoms with Crippen molar-refractivity contribution in [2.45, 2.75) is 4.21 Å². The van der Waals surface area contributed by atoms with Crippen LogP contribution in [-0.4, -0.2) is 19.7 Å². The normalized spacial score (nSPS) is 12.0. The average molecular weight is 267 g/mol. The molecule has 2 rings (SSSR count). The molecular weight excluding hydrogens is 258 g/mol. The second kappa shape index (κ2) is 4.68. The Balaban J connectivity index is 2.24. The molecule has 1 N–H and O–H groups in total. The van der Waals surface area contributed by atoms with Gasteiger partial charge in [0.1, 0.15) is 9.96 Å². The number of nitrogens with zero attached hydrogens (tertiary/aromatic N) is 1. The van der Waals surface area contributed by atoms with E-state index in [1.807, 2.05) is 0 Å². The van der Waals surface area contributed by atoms with Crippen LogP contribution < -0.4 is 0 Å². The van der Waals surface area contributed by atoms with Gasteiger partial charge >= 0.3 is 0 Å². The SMILES string of the molecule is O=S(=O)(/N=C\c1ccc(O)cc1)c1cccs1. The summed E-state index contributed by atoms with van der Waals surface area (Å²) in [4.78, 5) is 0. The predicted octanol–water partition coefficient (Wildman–Crippen LogP) is 2.26. The minimum Gasteiger partial charge on any atom is -0.508 e. The van der Waals surface area contributed by atoms with Crippen LogP contribution in [0.5, 0.6) is 5.75 Å². The lowest BCUT2D eigenvalue weighted by atomic mass is 10.2. The summed E-state index contributed by atoms with van der Waals surface area (Å²) in [5.74, 6) is 0.128. The largest absolute Gasteiger partial charge is 0.508 e. The van der Waals surface area contributed by atoms with Crippen LogP contribution in [0.3, 0.4) is 0 Å². The third-order valence-corrected chi connectivity index (χ3v) is 4.59. The van der Waals surface area contributed by atoms with Gasteiger partial charge in [-0.25, -0.2) is 0 Å².